The van der Waals surface area contributed by atoms with Gasteiger partial charge in [-0.3, -0.25) is 0 Å². The molecule has 0 spiro atoms. The minimum absolute atomic E-state index is 0.168. The molecule has 0 bridgehead atoms. The van der Waals surface area contributed by atoms with E-state index in [9.17, 15) is 5.11 Å². The molecule has 0 aromatic carbocycles. The number of aliphatic hydroxyl groups excluding tert-OH is 1. The Balaban J connectivity index is 2.54. The molecule has 1 aliphatic rings. The lowest BCUT2D eigenvalue weighted by molar-refractivity contribution is 0.113. The van der Waals surface area contributed by atoms with E-state index in [1.165, 1.54) is 0 Å². The van der Waals surface area contributed by atoms with Crippen LogP contribution in [0.3, 0.4) is 0 Å². The summed E-state index contributed by atoms with van der Waals surface area (Å²) in [5.41, 5.74) is -0.440. The Labute approximate surface area is 73.9 Å². The fraction of sp³-hybridized carbons (Fsp3) is 0.800. The van der Waals surface area contributed by atoms with Gasteiger partial charge in [0.05, 0.1) is 6.61 Å². The lowest BCUT2D eigenvalue weighted by atomic mass is 9.89. The van der Waals surface area contributed by atoms with Gasteiger partial charge in [0.15, 0.2) is 0 Å². The van der Waals surface area contributed by atoms with Crippen LogP contribution in [-0.4, -0.2) is 23.4 Å². The van der Waals surface area contributed by atoms with Gasteiger partial charge in [0.25, 0.3) is 0 Å². The second-order valence-electron chi connectivity index (χ2n) is 4.56. The van der Waals surface area contributed by atoms with Gasteiger partial charge in [-0.2, -0.15) is 0 Å². The lowest BCUT2D eigenvalue weighted by Crippen LogP contribution is -2.24. The maximum absolute atomic E-state index is 9.55. The van der Waals surface area contributed by atoms with Crippen LogP contribution in [0.5, 0.6) is 0 Å². The predicted octanol–water partition coefficient (Wildman–Crippen LogP) is 1.19. The van der Waals surface area contributed by atoms with E-state index in [-0.39, 0.29) is 11.0 Å². The SMILES string of the molecule is CC1(C#CC(O)C(C)(C)C)CO1. The molecule has 0 saturated carbocycles. The Morgan fingerprint density at radius 2 is 2.00 bits per heavy atom. The van der Waals surface area contributed by atoms with Gasteiger partial charge in [-0.05, 0) is 12.3 Å². The molecule has 1 N–H and O–H groups in total. The molecule has 1 rings (SSSR count). The quantitative estimate of drug-likeness (QED) is 0.435. The first kappa shape index (κ1) is 9.57. The summed E-state index contributed by atoms with van der Waals surface area (Å²) in [7, 11) is 0. The number of rotatable bonds is 0. The fourth-order valence-electron chi connectivity index (χ4n) is 0.618. The number of hydrogen-bond donors (Lipinski definition) is 1. The van der Waals surface area contributed by atoms with Crippen molar-refractivity contribution in [1.29, 1.82) is 0 Å². The number of hydrogen-bond acceptors (Lipinski definition) is 2. The summed E-state index contributed by atoms with van der Waals surface area (Å²) in [4.78, 5) is 0. The molecule has 2 heteroatoms. The van der Waals surface area contributed by atoms with Crippen LogP contribution in [-0.2, 0) is 4.74 Å². The number of epoxide rings is 1. The van der Waals surface area contributed by atoms with Crippen molar-refractivity contribution >= 4 is 0 Å². The topological polar surface area (TPSA) is 32.8 Å². The molecule has 0 aromatic heterocycles. The van der Waals surface area contributed by atoms with Gasteiger partial charge in [-0.25, -0.2) is 0 Å². The van der Waals surface area contributed by atoms with E-state index in [0.717, 1.165) is 0 Å². The summed E-state index contributed by atoms with van der Waals surface area (Å²) >= 11 is 0. The van der Waals surface area contributed by atoms with Gasteiger partial charge in [-0.1, -0.05) is 32.6 Å². The van der Waals surface area contributed by atoms with Crippen LogP contribution in [0, 0.1) is 17.3 Å². The normalized spacial score (nSPS) is 30.4. The Kier molecular flexibility index (Phi) is 2.20. The van der Waals surface area contributed by atoms with Gasteiger partial charge in [0.2, 0.25) is 0 Å². The van der Waals surface area contributed by atoms with E-state index < -0.39 is 6.10 Å². The monoisotopic (exact) mass is 168 g/mol. The van der Waals surface area contributed by atoms with Crippen molar-refractivity contribution in [1.82, 2.24) is 0 Å². The Bertz CT molecular complexity index is 222. The minimum atomic E-state index is -0.571. The standard InChI is InChI=1S/C10H16O2/c1-9(2,3)8(11)5-6-10(4)7-12-10/h8,11H,7H2,1-4H3. The molecule has 0 aliphatic carbocycles. The minimum Gasteiger partial charge on any atom is -0.380 e. The van der Waals surface area contributed by atoms with E-state index in [4.69, 9.17) is 4.74 Å². The molecule has 2 unspecified atom stereocenters. The number of ether oxygens (including phenoxy) is 1. The summed E-state index contributed by atoms with van der Waals surface area (Å²) in [6.45, 7) is 8.50. The van der Waals surface area contributed by atoms with E-state index in [1.54, 1.807) is 0 Å². The molecular formula is C10H16O2. The van der Waals surface area contributed by atoms with Crippen LogP contribution in [0.4, 0.5) is 0 Å². The fourth-order valence-corrected chi connectivity index (χ4v) is 0.618. The maximum Gasteiger partial charge on any atom is 0.149 e. The molecule has 0 amide bonds. The van der Waals surface area contributed by atoms with Crippen molar-refractivity contribution in [3.8, 4) is 11.8 Å². The lowest BCUT2D eigenvalue weighted by Gasteiger charge is -2.20. The molecule has 12 heavy (non-hydrogen) atoms. The zero-order valence-corrected chi connectivity index (χ0v) is 8.14. The molecule has 0 radical (unpaired) electrons. The average Bonchev–Trinajstić information content (AvgIpc) is 2.62. The highest BCUT2D eigenvalue weighted by Gasteiger charge is 2.37. The average molecular weight is 168 g/mol. The van der Waals surface area contributed by atoms with Gasteiger partial charge in [-0.15, -0.1) is 0 Å². The smallest absolute Gasteiger partial charge is 0.149 e. The first-order valence-electron chi connectivity index (χ1n) is 4.18. The van der Waals surface area contributed by atoms with Crippen molar-refractivity contribution in [3.05, 3.63) is 0 Å². The van der Waals surface area contributed by atoms with Crippen molar-refractivity contribution in [2.75, 3.05) is 6.61 Å². The largest absolute Gasteiger partial charge is 0.380 e. The molecule has 68 valence electrons. The first-order valence-corrected chi connectivity index (χ1v) is 4.18. The van der Waals surface area contributed by atoms with E-state index in [1.807, 2.05) is 27.7 Å². The zero-order valence-electron chi connectivity index (χ0n) is 8.14. The Morgan fingerprint density at radius 1 is 1.50 bits per heavy atom. The van der Waals surface area contributed by atoms with Crippen LogP contribution >= 0.6 is 0 Å². The van der Waals surface area contributed by atoms with E-state index in [2.05, 4.69) is 11.8 Å². The van der Waals surface area contributed by atoms with Gasteiger partial charge < -0.3 is 9.84 Å². The number of aliphatic hydroxyl groups is 1. The van der Waals surface area contributed by atoms with Crippen LogP contribution < -0.4 is 0 Å². The van der Waals surface area contributed by atoms with E-state index >= 15 is 0 Å². The predicted molar refractivity (Wildman–Crippen MR) is 47.6 cm³/mol. The molecular weight excluding hydrogens is 152 g/mol. The molecule has 2 nitrogen and oxygen atoms in total. The molecule has 1 heterocycles. The van der Waals surface area contributed by atoms with Crippen LogP contribution in [0.15, 0.2) is 0 Å². The molecule has 2 atom stereocenters. The Morgan fingerprint density at radius 3 is 2.33 bits per heavy atom. The van der Waals surface area contributed by atoms with Crippen molar-refractivity contribution in [3.63, 3.8) is 0 Å². The van der Waals surface area contributed by atoms with Crippen molar-refractivity contribution < 1.29 is 9.84 Å². The van der Waals surface area contributed by atoms with Gasteiger partial charge in [0.1, 0.15) is 11.7 Å². The van der Waals surface area contributed by atoms with Crippen LogP contribution in [0.2, 0.25) is 0 Å². The molecule has 1 aliphatic heterocycles. The van der Waals surface area contributed by atoms with E-state index in [0.29, 0.717) is 6.61 Å². The zero-order chi connectivity index (χ0) is 9.41. The maximum atomic E-state index is 9.55. The Hall–Kier alpha value is -0.520. The summed E-state index contributed by atoms with van der Waals surface area (Å²) in [6.07, 6.45) is -0.571. The first-order chi connectivity index (χ1) is 5.33. The highest BCUT2D eigenvalue weighted by atomic mass is 16.6. The van der Waals surface area contributed by atoms with Crippen LogP contribution in [0.25, 0.3) is 0 Å². The van der Waals surface area contributed by atoms with Crippen molar-refractivity contribution in [2.24, 2.45) is 5.41 Å². The third kappa shape index (κ3) is 2.51. The summed E-state index contributed by atoms with van der Waals surface area (Å²) < 4.78 is 5.07. The van der Waals surface area contributed by atoms with Gasteiger partial charge in [0, 0.05) is 0 Å². The third-order valence-corrected chi connectivity index (χ3v) is 1.87. The van der Waals surface area contributed by atoms with Crippen molar-refractivity contribution in [2.45, 2.75) is 39.4 Å². The second-order valence-corrected chi connectivity index (χ2v) is 4.56. The summed E-state index contributed by atoms with van der Waals surface area (Å²) in [5, 5.41) is 9.55. The summed E-state index contributed by atoms with van der Waals surface area (Å²) in [5.74, 6) is 5.72. The third-order valence-electron chi connectivity index (χ3n) is 1.87. The summed E-state index contributed by atoms with van der Waals surface area (Å²) in [6, 6.07) is 0. The molecule has 1 saturated heterocycles. The molecule has 1 fully saturated rings. The highest BCUT2D eigenvalue weighted by molar-refractivity contribution is 5.21. The highest BCUT2D eigenvalue weighted by Crippen LogP contribution is 2.25. The van der Waals surface area contributed by atoms with Crippen LogP contribution in [0.1, 0.15) is 27.7 Å². The van der Waals surface area contributed by atoms with Gasteiger partial charge >= 0.3 is 0 Å². The second kappa shape index (κ2) is 2.76. The molecule has 0 aromatic rings.